The zero-order chi connectivity index (χ0) is 76.8. The van der Waals surface area contributed by atoms with Crippen LogP contribution in [0.25, 0.3) is 223 Å². The van der Waals surface area contributed by atoms with Gasteiger partial charge in [0.2, 0.25) is 0 Å². The lowest BCUT2D eigenvalue weighted by Crippen LogP contribution is -2.00. The van der Waals surface area contributed by atoms with Crippen molar-refractivity contribution >= 4 is 87.0 Å². The highest BCUT2D eigenvalue weighted by molar-refractivity contribution is 6.07. The van der Waals surface area contributed by atoms with E-state index in [4.69, 9.17) is 54.8 Å². The van der Waals surface area contributed by atoms with Crippen molar-refractivity contribution in [2.75, 3.05) is 0 Å². The lowest BCUT2D eigenvalue weighted by atomic mass is 10.0. The van der Waals surface area contributed by atoms with Gasteiger partial charge in [0, 0.05) is 87.6 Å². The van der Waals surface area contributed by atoms with E-state index in [9.17, 15) is 0 Å². The normalized spacial score (nSPS) is 11.4. The highest BCUT2D eigenvalue weighted by Crippen LogP contribution is 2.37. The molecule has 0 aliphatic rings. The maximum Gasteiger partial charge on any atom is 0.164 e. The molecule has 0 N–H and O–H groups in total. The predicted molar refractivity (Wildman–Crippen MR) is 474 cm³/mol. The first-order valence-corrected chi connectivity index (χ1v) is 38.7. The largest absolute Gasteiger partial charge is 0.248 e. The third-order valence-corrected chi connectivity index (χ3v) is 21.6. The van der Waals surface area contributed by atoms with Crippen LogP contribution < -0.4 is 0 Å². The van der Waals surface area contributed by atoms with Gasteiger partial charge in [0.25, 0.3) is 0 Å². The Kier molecular flexibility index (Phi) is 17.3. The van der Waals surface area contributed by atoms with Gasteiger partial charge in [0.15, 0.2) is 23.3 Å². The topological polar surface area (TPSA) is 142 Å². The minimum absolute atomic E-state index is 0.623. The molecule has 540 valence electrons. The highest BCUT2D eigenvalue weighted by atomic mass is 15.0. The molecular weight excluding hydrogens is 1420 g/mol. The van der Waals surface area contributed by atoms with Crippen LogP contribution in [0.1, 0.15) is 0 Å². The van der Waals surface area contributed by atoms with Crippen molar-refractivity contribution in [2.45, 2.75) is 0 Å². The molecule has 0 saturated carbocycles. The SMILES string of the molecule is c1ccc(-c2cc(-c3ccc(-c4ccc5cc(-c6ccc7ccc(-c8ccc9ccc%10ccccc%10c9n8)nc7c6)ccc5n4)cc3)nc(-c3ccccc3)n2)cc1.c1ccc(-c2nc(-c3ccccc3)nc(-c3ccc(-c4ccc5cc(-c6ccc7ccc(-c8ccc9ccc%10ccccc%10c9n8)nc7c6)ccc5n4)cc3)n2)cc1. The molecule has 11 heteroatoms. The van der Waals surface area contributed by atoms with Crippen LogP contribution in [0.2, 0.25) is 0 Å². The molecule has 0 spiro atoms. The summed E-state index contributed by atoms with van der Waals surface area (Å²) in [6, 6.07) is 136. The fourth-order valence-electron chi connectivity index (χ4n) is 15.4. The van der Waals surface area contributed by atoms with Crippen molar-refractivity contribution in [2.24, 2.45) is 0 Å². The van der Waals surface area contributed by atoms with Crippen molar-refractivity contribution in [1.29, 1.82) is 0 Å². The van der Waals surface area contributed by atoms with Gasteiger partial charge in [-0.15, -0.1) is 0 Å². The van der Waals surface area contributed by atoms with Crippen LogP contribution in [-0.2, 0) is 0 Å². The third-order valence-electron chi connectivity index (χ3n) is 21.6. The van der Waals surface area contributed by atoms with Gasteiger partial charge in [-0.1, -0.05) is 315 Å². The van der Waals surface area contributed by atoms with E-state index < -0.39 is 0 Å². The molecule has 0 saturated heterocycles. The van der Waals surface area contributed by atoms with Gasteiger partial charge < -0.3 is 0 Å². The molecule has 14 aromatic carbocycles. The Morgan fingerprint density at radius 2 is 0.388 bits per heavy atom. The molecule has 8 aromatic heterocycles. The van der Waals surface area contributed by atoms with E-state index in [1.165, 1.54) is 10.8 Å². The first-order valence-electron chi connectivity index (χ1n) is 38.7. The Labute approximate surface area is 667 Å². The summed E-state index contributed by atoms with van der Waals surface area (Å²) in [5.74, 6) is 2.60. The van der Waals surface area contributed by atoms with Gasteiger partial charge >= 0.3 is 0 Å². The fourth-order valence-corrected chi connectivity index (χ4v) is 15.4. The van der Waals surface area contributed by atoms with Crippen LogP contribution in [0.4, 0.5) is 0 Å². The number of pyridine rings is 6. The van der Waals surface area contributed by atoms with Crippen LogP contribution in [0.15, 0.2) is 394 Å². The van der Waals surface area contributed by atoms with Gasteiger partial charge in [-0.05, 0) is 112 Å². The molecular formula is C105H65N11. The van der Waals surface area contributed by atoms with E-state index >= 15 is 0 Å². The molecule has 0 atom stereocenters. The molecule has 0 aliphatic carbocycles. The number of benzene rings is 14. The van der Waals surface area contributed by atoms with E-state index in [1.807, 2.05) is 109 Å². The maximum atomic E-state index is 5.11. The van der Waals surface area contributed by atoms with E-state index in [0.29, 0.717) is 23.3 Å². The van der Waals surface area contributed by atoms with Crippen LogP contribution in [0.5, 0.6) is 0 Å². The van der Waals surface area contributed by atoms with Gasteiger partial charge in [0.1, 0.15) is 0 Å². The Morgan fingerprint density at radius 1 is 0.121 bits per heavy atom. The minimum atomic E-state index is 0.623. The first kappa shape index (κ1) is 68.2. The highest BCUT2D eigenvalue weighted by Gasteiger charge is 2.18. The summed E-state index contributed by atoms with van der Waals surface area (Å²) in [6.45, 7) is 0. The van der Waals surface area contributed by atoms with Crippen LogP contribution >= 0.6 is 0 Å². The summed E-state index contributed by atoms with van der Waals surface area (Å²) >= 11 is 0. The molecule has 0 fully saturated rings. The van der Waals surface area contributed by atoms with Crippen LogP contribution in [0, 0.1) is 0 Å². The van der Waals surface area contributed by atoms with E-state index in [1.54, 1.807) is 0 Å². The second-order valence-electron chi connectivity index (χ2n) is 28.9. The van der Waals surface area contributed by atoms with Gasteiger partial charge in [-0.2, -0.15) is 0 Å². The summed E-state index contributed by atoms with van der Waals surface area (Å²) in [6.07, 6.45) is 0. The average molecular weight is 1480 g/mol. The fraction of sp³-hybridized carbons (Fsp3) is 0. The van der Waals surface area contributed by atoms with Crippen molar-refractivity contribution in [3.05, 3.63) is 394 Å². The lowest BCUT2D eigenvalue weighted by Gasteiger charge is -2.10. The zero-order valence-corrected chi connectivity index (χ0v) is 62.4. The molecule has 0 aliphatic heterocycles. The second-order valence-corrected chi connectivity index (χ2v) is 28.9. The van der Waals surface area contributed by atoms with Crippen LogP contribution in [-0.4, -0.2) is 54.8 Å². The van der Waals surface area contributed by atoms with Crippen molar-refractivity contribution in [3.63, 3.8) is 0 Å². The lowest BCUT2D eigenvalue weighted by molar-refractivity contribution is 1.07. The van der Waals surface area contributed by atoms with Crippen LogP contribution in [0.3, 0.4) is 0 Å². The number of aromatic nitrogens is 11. The summed E-state index contributed by atoms with van der Waals surface area (Å²) < 4.78 is 0. The zero-order valence-electron chi connectivity index (χ0n) is 62.4. The van der Waals surface area contributed by atoms with E-state index in [-0.39, 0.29) is 0 Å². The average Bonchev–Trinajstić information content (AvgIpc) is 0.776. The maximum absolute atomic E-state index is 5.11. The third kappa shape index (κ3) is 13.5. The molecule has 116 heavy (non-hydrogen) atoms. The summed E-state index contributed by atoms with van der Waals surface area (Å²) in [4.78, 5) is 55.1. The van der Waals surface area contributed by atoms with Gasteiger partial charge in [-0.3, -0.25) is 0 Å². The second kappa shape index (κ2) is 29.4. The predicted octanol–water partition coefficient (Wildman–Crippen LogP) is 25.9. The van der Waals surface area contributed by atoms with E-state index in [2.05, 4.69) is 285 Å². The van der Waals surface area contributed by atoms with Gasteiger partial charge in [0.05, 0.1) is 78.7 Å². The molecule has 11 nitrogen and oxygen atoms in total. The Bertz CT molecular complexity index is 6990. The summed E-state index contributed by atoms with van der Waals surface area (Å²) in [5.41, 5.74) is 25.1. The monoisotopic (exact) mass is 1480 g/mol. The van der Waals surface area contributed by atoms with Crippen molar-refractivity contribution < 1.29 is 0 Å². The summed E-state index contributed by atoms with van der Waals surface area (Å²) in [7, 11) is 0. The first-order chi connectivity index (χ1) is 57.4. The molecule has 0 bridgehead atoms. The molecule has 8 heterocycles. The number of fused-ring (bicyclic) bond motifs is 10. The number of rotatable bonds is 12. The quantitative estimate of drug-likeness (QED) is 0.108. The Balaban J connectivity index is 0.000000145. The van der Waals surface area contributed by atoms with E-state index in [0.717, 1.165) is 189 Å². The minimum Gasteiger partial charge on any atom is -0.248 e. The molecule has 0 radical (unpaired) electrons. The molecule has 0 unspecified atom stereocenters. The summed E-state index contributed by atoms with van der Waals surface area (Å²) in [5, 5.41) is 11.2. The molecule has 0 amide bonds. The van der Waals surface area contributed by atoms with Gasteiger partial charge in [-0.25, -0.2) is 54.8 Å². The Hall–Kier alpha value is -15.9. The number of hydrogen-bond acceptors (Lipinski definition) is 11. The standard InChI is InChI=1S/C53H33N5.C52H32N6/c1-3-10-35(11-4-1)50-33-51(58-53(57-50)40-12-5-2-6-13-40)37-18-16-36(17-19-37)45-28-26-43-31-41(25-27-46(43)54-45)42-22-20-38-23-29-47(55-49(38)32-42)48-30-24-39-21-15-34-9-7-8-14-44(34)52(39)56-48;1-3-10-37(11-4-1)50-56-51(38-12-5-2-6-13-38)58-52(57-50)39-20-16-34(17-21-39)44-28-26-42-31-40(25-27-45(42)53-44)41-22-18-35-23-29-46(54-48(35)32-41)47-30-24-36-19-15-33-9-7-8-14-43(33)49(36)55-47/h1-33H;1-32H. The number of nitrogens with zero attached hydrogens (tertiary/aromatic N) is 11. The number of hydrogen-bond donors (Lipinski definition) is 0. The Morgan fingerprint density at radius 3 is 0.819 bits per heavy atom. The smallest absolute Gasteiger partial charge is 0.164 e. The van der Waals surface area contributed by atoms with Crippen molar-refractivity contribution in [3.8, 4) is 136 Å². The van der Waals surface area contributed by atoms with Crippen molar-refractivity contribution in [1.82, 2.24) is 54.8 Å². The molecule has 22 rings (SSSR count). The molecule has 22 aromatic rings.